The Hall–Kier alpha value is -3.53. The molecule has 0 amide bonds. The molecule has 6 aromatic rings. The molecule has 0 unspecified atom stereocenters. The van der Waals surface area contributed by atoms with Gasteiger partial charge in [-0.25, -0.2) is 4.98 Å². The van der Waals surface area contributed by atoms with Gasteiger partial charge in [-0.1, -0.05) is 96.5 Å². The summed E-state index contributed by atoms with van der Waals surface area (Å²) in [5.41, 5.74) is 8.21. The molecule has 6 rings (SSSR count). The average Bonchev–Trinajstić information content (AvgIpc) is 2.89. The van der Waals surface area contributed by atoms with Gasteiger partial charge < -0.3 is 0 Å². The Bertz CT molecular complexity index is 1640. The first kappa shape index (κ1) is 21.0. The zero-order chi connectivity index (χ0) is 23.1. The van der Waals surface area contributed by atoms with Crippen LogP contribution in [0.5, 0.6) is 0 Å². The third-order valence-corrected chi connectivity index (χ3v) is 7.09. The lowest BCUT2D eigenvalue weighted by atomic mass is 9.96. The van der Waals surface area contributed by atoms with Crippen LogP contribution in [0.2, 0.25) is 5.02 Å². The molecular weight excluding hydrogens is 504 g/mol. The summed E-state index contributed by atoms with van der Waals surface area (Å²) >= 11 is 10.1. The fourth-order valence-electron chi connectivity index (χ4n) is 4.38. The van der Waals surface area contributed by atoms with Crippen molar-refractivity contribution in [2.24, 2.45) is 0 Å². The van der Waals surface area contributed by atoms with Gasteiger partial charge in [0.15, 0.2) is 0 Å². The van der Waals surface area contributed by atoms with E-state index in [1.165, 1.54) is 11.1 Å². The highest BCUT2D eigenvalue weighted by atomic mass is 79.9. The van der Waals surface area contributed by atoms with Gasteiger partial charge in [0.2, 0.25) is 0 Å². The third kappa shape index (κ3) is 3.67. The minimum atomic E-state index is 0.710. The van der Waals surface area contributed by atoms with Gasteiger partial charge in [-0.3, -0.25) is 4.98 Å². The predicted molar refractivity (Wildman–Crippen MR) is 146 cm³/mol. The van der Waals surface area contributed by atoms with Gasteiger partial charge in [-0.2, -0.15) is 0 Å². The lowest BCUT2D eigenvalue weighted by Gasteiger charge is -2.15. The minimum Gasteiger partial charge on any atom is -0.254 e. The zero-order valence-corrected chi connectivity index (χ0v) is 20.4. The molecule has 4 heteroatoms. The summed E-state index contributed by atoms with van der Waals surface area (Å²) in [5.74, 6) is 0. The Balaban J connectivity index is 1.62. The Morgan fingerprint density at radius 2 is 1.26 bits per heavy atom. The van der Waals surface area contributed by atoms with Crippen molar-refractivity contribution in [3.8, 4) is 33.5 Å². The fraction of sp³-hybridized carbons (Fsp3) is 0. The third-order valence-electron chi connectivity index (χ3n) is 6.07. The van der Waals surface area contributed by atoms with Crippen molar-refractivity contribution in [3.05, 3.63) is 119 Å². The topological polar surface area (TPSA) is 25.8 Å². The maximum Gasteiger partial charge on any atom is 0.0979 e. The maximum atomic E-state index is 6.19. The molecule has 0 radical (unpaired) electrons. The highest BCUT2D eigenvalue weighted by Gasteiger charge is 2.18. The summed E-state index contributed by atoms with van der Waals surface area (Å²) in [6.45, 7) is 0. The molecule has 0 spiro atoms. The van der Waals surface area contributed by atoms with Crippen LogP contribution in [0.15, 0.2) is 114 Å². The molecule has 2 aromatic heterocycles. The predicted octanol–water partition coefficient (Wildman–Crippen LogP) is 9.20. The van der Waals surface area contributed by atoms with E-state index in [4.69, 9.17) is 16.6 Å². The molecule has 4 aromatic carbocycles. The molecule has 0 bridgehead atoms. The second kappa shape index (κ2) is 8.68. The van der Waals surface area contributed by atoms with Crippen molar-refractivity contribution in [2.75, 3.05) is 0 Å². The van der Waals surface area contributed by atoms with E-state index in [1.54, 1.807) is 0 Å². The monoisotopic (exact) mass is 520 g/mol. The van der Waals surface area contributed by atoms with Crippen LogP contribution in [-0.4, -0.2) is 9.97 Å². The van der Waals surface area contributed by atoms with E-state index < -0.39 is 0 Å². The van der Waals surface area contributed by atoms with Crippen LogP contribution in [0.3, 0.4) is 0 Å². The highest BCUT2D eigenvalue weighted by Crippen LogP contribution is 2.42. The Labute approximate surface area is 211 Å². The quantitative estimate of drug-likeness (QED) is 0.217. The number of nitrogens with zero attached hydrogens (tertiary/aromatic N) is 2. The summed E-state index contributed by atoms with van der Waals surface area (Å²) in [5, 5.41) is 2.82. The molecule has 0 saturated carbocycles. The van der Waals surface area contributed by atoms with Crippen molar-refractivity contribution in [3.63, 3.8) is 0 Å². The minimum absolute atomic E-state index is 0.710. The molecule has 0 aliphatic rings. The van der Waals surface area contributed by atoms with Gasteiger partial charge in [0.05, 0.1) is 21.2 Å². The van der Waals surface area contributed by atoms with Gasteiger partial charge in [-0.05, 0) is 50.8 Å². The normalized spacial score (nSPS) is 11.2. The summed E-state index contributed by atoms with van der Waals surface area (Å²) in [4.78, 5) is 9.82. The molecule has 0 N–H and O–H groups in total. The Morgan fingerprint density at radius 1 is 0.588 bits per heavy atom. The van der Waals surface area contributed by atoms with Crippen LogP contribution in [0.1, 0.15) is 0 Å². The molecule has 34 heavy (non-hydrogen) atoms. The van der Waals surface area contributed by atoms with Crippen LogP contribution in [0, 0.1) is 0 Å². The van der Waals surface area contributed by atoms with Crippen LogP contribution in [0.25, 0.3) is 55.3 Å². The van der Waals surface area contributed by atoms with E-state index in [-0.39, 0.29) is 0 Å². The van der Waals surface area contributed by atoms with E-state index in [0.717, 1.165) is 48.7 Å². The first-order valence-electron chi connectivity index (χ1n) is 11.0. The number of pyridine rings is 2. The molecule has 162 valence electrons. The number of halogens is 2. The fourth-order valence-corrected chi connectivity index (χ4v) is 5.27. The standard InChI is InChI=1S/C30H18BrClN2/c31-27-26(21-12-15-24(32)16-13-21)25-17-14-22-7-4-18-33-29(22)30(25)34-28(27)23-10-8-20(9-11-23)19-5-2-1-3-6-19/h1-18H. The molecular formula is C30H18BrClN2. The largest absolute Gasteiger partial charge is 0.254 e. The lowest BCUT2D eigenvalue weighted by Crippen LogP contribution is -1.95. The van der Waals surface area contributed by atoms with Crippen molar-refractivity contribution < 1.29 is 0 Å². The van der Waals surface area contributed by atoms with Crippen molar-refractivity contribution >= 4 is 49.3 Å². The molecule has 2 nitrogen and oxygen atoms in total. The molecule has 2 heterocycles. The van der Waals surface area contributed by atoms with Crippen LogP contribution in [-0.2, 0) is 0 Å². The van der Waals surface area contributed by atoms with Crippen molar-refractivity contribution in [1.82, 2.24) is 9.97 Å². The molecule has 0 aliphatic carbocycles. The SMILES string of the molecule is Clc1ccc(-c2c(Br)c(-c3ccc(-c4ccccc4)cc3)nc3c2ccc2cccnc23)cc1. The van der Waals surface area contributed by atoms with Gasteiger partial charge in [0.1, 0.15) is 0 Å². The number of benzene rings is 4. The maximum absolute atomic E-state index is 6.19. The molecule has 0 aliphatic heterocycles. The summed E-state index contributed by atoms with van der Waals surface area (Å²) in [6, 6.07) is 35.1. The van der Waals surface area contributed by atoms with Gasteiger partial charge in [0.25, 0.3) is 0 Å². The number of fused-ring (bicyclic) bond motifs is 3. The van der Waals surface area contributed by atoms with Crippen molar-refractivity contribution in [1.29, 1.82) is 0 Å². The first-order valence-corrected chi connectivity index (χ1v) is 12.1. The molecule has 0 atom stereocenters. The summed E-state index contributed by atoms with van der Waals surface area (Å²) in [7, 11) is 0. The van der Waals surface area contributed by atoms with E-state index >= 15 is 0 Å². The lowest BCUT2D eigenvalue weighted by molar-refractivity contribution is 1.36. The second-order valence-electron chi connectivity index (χ2n) is 8.14. The van der Waals surface area contributed by atoms with Crippen LogP contribution >= 0.6 is 27.5 Å². The molecule has 0 saturated heterocycles. The summed E-state index contributed by atoms with van der Waals surface area (Å²) in [6.07, 6.45) is 1.82. The summed E-state index contributed by atoms with van der Waals surface area (Å²) < 4.78 is 0.949. The highest BCUT2D eigenvalue weighted by molar-refractivity contribution is 9.10. The Kier molecular flexibility index (Phi) is 5.37. The van der Waals surface area contributed by atoms with Gasteiger partial charge in [-0.15, -0.1) is 0 Å². The van der Waals surface area contributed by atoms with Crippen LogP contribution in [0.4, 0.5) is 0 Å². The first-order chi connectivity index (χ1) is 16.7. The number of aromatic nitrogens is 2. The van der Waals surface area contributed by atoms with E-state index in [9.17, 15) is 0 Å². The van der Waals surface area contributed by atoms with E-state index in [0.29, 0.717) is 5.02 Å². The second-order valence-corrected chi connectivity index (χ2v) is 9.37. The number of rotatable bonds is 3. The zero-order valence-electron chi connectivity index (χ0n) is 18.0. The number of hydrogen-bond acceptors (Lipinski definition) is 2. The smallest absolute Gasteiger partial charge is 0.0979 e. The van der Waals surface area contributed by atoms with Gasteiger partial charge in [0, 0.05) is 33.1 Å². The molecule has 0 fully saturated rings. The number of hydrogen-bond donors (Lipinski definition) is 0. The Morgan fingerprint density at radius 3 is 2.03 bits per heavy atom. The van der Waals surface area contributed by atoms with Crippen LogP contribution < -0.4 is 0 Å². The van der Waals surface area contributed by atoms with Crippen molar-refractivity contribution in [2.45, 2.75) is 0 Å². The van der Waals surface area contributed by atoms with Gasteiger partial charge >= 0.3 is 0 Å². The van der Waals surface area contributed by atoms with E-state index in [1.807, 2.05) is 42.6 Å². The van der Waals surface area contributed by atoms with E-state index in [2.05, 4.69) is 87.6 Å². The average molecular weight is 522 g/mol.